The fourth-order valence-corrected chi connectivity index (χ4v) is 3.27. The highest BCUT2D eigenvalue weighted by molar-refractivity contribution is 5.93. The summed E-state index contributed by atoms with van der Waals surface area (Å²) in [5.74, 6) is -0.798. The number of halogens is 2. The van der Waals surface area contributed by atoms with Crippen LogP contribution >= 0.6 is 0 Å². The smallest absolute Gasteiger partial charge is 0.229 e. The number of amides is 1. The molecule has 144 valence electrons. The molecule has 1 N–H and O–H groups in total. The lowest BCUT2D eigenvalue weighted by Gasteiger charge is -2.32. The van der Waals surface area contributed by atoms with Crippen molar-refractivity contribution < 1.29 is 18.0 Å². The predicted octanol–water partition coefficient (Wildman–Crippen LogP) is 3.87. The number of anilines is 2. The highest BCUT2D eigenvalue weighted by Gasteiger charge is 2.27. The molecule has 1 saturated heterocycles. The maximum Gasteiger partial charge on any atom is 0.229 e. The Hall–Kier alpha value is -3.29. The van der Waals surface area contributed by atoms with Gasteiger partial charge in [0.2, 0.25) is 5.91 Å². The molecule has 1 aliphatic heterocycles. The zero-order valence-electron chi connectivity index (χ0n) is 14.9. The summed E-state index contributed by atoms with van der Waals surface area (Å²) >= 11 is 0. The largest absolute Gasteiger partial charge is 0.463 e. The molecule has 0 spiro atoms. The van der Waals surface area contributed by atoms with Crippen molar-refractivity contribution in [3.05, 3.63) is 60.4 Å². The minimum absolute atomic E-state index is 0.0221. The Morgan fingerprint density at radius 3 is 2.79 bits per heavy atom. The average Bonchev–Trinajstić information content (AvgIpc) is 3.25. The predicted molar refractivity (Wildman–Crippen MR) is 99.7 cm³/mol. The number of nitrogens with zero attached hydrogens (tertiary/aromatic N) is 3. The number of piperidine rings is 1. The van der Waals surface area contributed by atoms with E-state index < -0.39 is 11.6 Å². The Kier molecular flexibility index (Phi) is 5.01. The Bertz CT molecular complexity index is 961. The van der Waals surface area contributed by atoms with Gasteiger partial charge in [-0.05, 0) is 49.2 Å². The van der Waals surface area contributed by atoms with Gasteiger partial charge in [-0.15, -0.1) is 10.2 Å². The molecule has 2 aromatic heterocycles. The molecule has 4 rings (SSSR count). The molecule has 0 bridgehead atoms. The van der Waals surface area contributed by atoms with E-state index in [0.29, 0.717) is 30.2 Å². The fourth-order valence-electron chi connectivity index (χ4n) is 3.27. The topological polar surface area (TPSA) is 71.3 Å². The zero-order valence-corrected chi connectivity index (χ0v) is 14.9. The second kappa shape index (κ2) is 7.75. The van der Waals surface area contributed by atoms with Gasteiger partial charge in [-0.3, -0.25) is 4.79 Å². The molecule has 3 heterocycles. The Morgan fingerprint density at radius 1 is 1.18 bits per heavy atom. The lowest BCUT2D eigenvalue weighted by atomic mass is 9.97. The van der Waals surface area contributed by atoms with Gasteiger partial charge in [0.05, 0.1) is 17.9 Å². The molecule has 1 atom stereocenters. The van der Waals surface area contributed by atoms with E-state index >= 15 is 0 Å². The maximum atomic E-state index is 13.8. The molecular formula is C20H18F2N4O2. The van der Waals surface area contributed by atoms with E-state index in [1.807, 2.05) is 17.0 Å². The van der Waals surface area contributed by atoms with Crippen molar-refractivity contribution in [3.63, 3.8) is 0 Å². The highest BCUT2D eigenvalue weighted by Crippen LogP contribution is 2.25. The Balaban J connectivity index is 1.43. The molecule has 3 aromatic rings. The third-order valence-electron chi connectivity index (χ3n) is 4.73. The van der Waals surface area contributed by atoms with Gasteiger partial charge >= 0.3 is 0 Å². The summed E-state index contributed by atoms with van der Waals surface area (Å²) in [5.41, 5.74) is 0.609. The third-order valence-corrected chi connectivity index (χ3v) is 4.73. The molecule has 0 aliphatic carbocycles. The van der Waals surface area contributed by atoms with Crippen LogP contribution in [0.1, 0.15) is 12.8 Å². The molecule has 1 fully saturated rings. The summed E-state index contributed by atoms with van der Waals surface area (Å²) in [4.78, 5) is 14.5. The van der Waals surface area contributed by atoms with Crippen LogP contribution in [0.3, 0.4) is 0 Å². The van der Waals surface area contributed by atoms with Crippen LogP contribution in [0, 0.1) is 17.6 Å². The zero-order chi connectivity index (χ0) is 19.5. The van der Waals surface area contributed by atoms with E-state index in [2.05, 4.69) is 15.5 Å². The van der Waals surface area contributed by atoms with E-state index in [0.717, 1.165) is 25.1 Å². The number of rotatable bonds is 4. The molecule has 1 amide bonds. The van der Waals surface area contributed by atoms with Crippen molar-refractivity contribution in [1.82, 2.24) is 10.2 Å². The van der Waals surface area contributed by atoms with Gasteiger partial charge in [0.25, 0.3) is 0 Å². The number of carbonyl (C=O) groups excluding carboxylic acids is 1. The Labute approximate surface area is 160 Å². The molecule has 1 aliphatic rings. The van der Waals surface area contributed by atoms with Crippen LogP contribution < -0.4 is 10.2 Å². The van der Waals surface area contributed by atoms with Crippen LogP contribution in [0.15, 0.2) is 53.1 Å². The van der Waals surface area contributed by atoms with Crippen LogP contribution in [0.5, 0.6) is 0 Å². The highest BCUT2D eigenvalue weighted by atomic mass is 19.1. The van der Waals surface area contributed by atoms with Crippen LogP contribution in [-0.2, 0) is 4.79 Å². The SMILES string of the molecule is O=C(Nc1ccc(F)cc1F)C1CCCN(c2ccc(-c3ccco3)nn2)C1. The van der Waals surface area contributed by atoms with Crippen molar-refractivity contribution in [3.8, 4) is 11.5 Å². The number of hydrogen-bond acceptors (Lipinski definition) is 5. The summed E-state index contributed by atoms with van der Waals surface area (Å²) in [6.45, 7) is 1.20. The van der Waals surface area contributed by atoms with Crippen molar-refractivity contribution in [2.24, 2.45) is 5.92 Å². The number of carbonyl (C=O) groups is 1. The van der Waals surface area contributed by atoms with E-state index in [1.165, 1.54) is 6.07 Å². The van der Waals surface area contributed by atoms with Crippen molar-refractivity contribution in [1.29, 1.82) is 0 Å². The van der Waals surface area contributed by atoms with E-state index in [-0.39, 0.29) is 17.5 Å². The number of aromatic nitrogens is 2. The first-order valence-corrected chi connectivity index (χ1v) is 8.98. The minimum atomic E-state index is -0.791. The van der Waals surface area contributed by atoms with Crippen LogP contribution in [0.2, 0.25) is 0 Å². The fraction of sp³-hybridized carbons (Fsp3) is 0.250. The first kappa shape index (κ1) is 18.1. The van der Waals surface area contributed by atoms with E-state index in [9.17, 15) is 13.6 Å². The summed E-state index contributed by atoms with van der Waals surface area (Å²) in [5, 5.41) is 11.0. The maximum absolute atomic E-state index is 13.8. The van der Waals surface area contributed by atoms with Gasteiger partial charge in [0.15, 0.2) is 11.6 Å². The lowest BCUT2D eigenvalue weighted by molar-refractivity contribution is -0.120. The monoisotopic (exact) mass is 384 g/mol. The number of benzene rings is 1. The first-order chi connectivity index (χ1) is 13.6. The molecule has 1 unspecified atom stereocenters. The molecule has 6 nitrogen and oxygen atoms in total. The molecular weight excluding hydrogens is 366 g/mol. The van der Waals surface area contributed by atoms with Gasteiger partial charge < -0.3 is 14.6 Å². The molecule has 1 aromatic carbocycles. The van der Waals surface area contributed by atoms with Gasteiger partial charge in [0, 0.05) is 19.2 Å². The molecule has 8 heteroatoms. The average molecular weight is 384 g/mol. The molecule has 0 radical (unpaired) electrons. The van der Waals surface area contributed by atoms with Gasteiger partial charge in [-0.2, -0.15) is 0 Å². The number of hydrogen-bond donors (Lipinski definition) is 1. The lowest BCUT2D eigenvalue weighted by Crippen LogP contribution is -2.41. The van der Waals surface area contributed by atoms with Crippen molar-refractivity contribution in [2.45, 2.75) is 12.8 Å². The Morgan fingerprint density at radius 2 is 2.07 bits per heavy atom. The summed E-state index contributed by atoms with van der Waals surface area (Å²) in [6.07, 6.45) is 3.05. The third kappa shape index (κ3) is 3.85. The van der Waals surface area contributed by atoms with Crippen LogP contribution in [0.25, 0.3) is 11.5 Å². The standard InChI is InChI=1S/C20H18F2N4O2/c21-14-5-6-16(15(22)11-14)23-20(27)13-3-1-9-26(12-13)19-8-7-17(24-25-19)18-4-2-10-28-18/h2,4-8,10-11,13H,1,3,9,12H2,(H,23,27). The molecule has 28 heavy (non-hydrogen) atoms. The summed E-state index contributed by atoms with van der Waals surface area (Å²) in [7, 11) is 0. The van der Waals surface area contributed by atoms with Crippen LogP contribution in [-0.4, -0.2) is 29.2 Å². The van der Waals surface area contributed by atoms with Gasteiger partial charge in [-0.25, -0.2) is 8.78 Å². The number of nitrogens with one attached hydrogen (secondary N) is 1. The summed E-state index contributed by atoms with van der Waals surface area (Å²) < 4.78 is 32.1. The van der Waals surface area contributed by atoms with Crippen LogP contribution in [0.4, 0.5) is 20.3 Å². The van der Waals surface area contributed by atoms with E-state index in [4.69, 9.17) is 4.42 Å². The van der Waals surface area contributed by atoms with Gasteiger partial charge in [0.1, 0.15) is 17.3 Å². The second-order valence-electron chi connectivity index (χ2n) is 6.65. The molecule has 0 saturated carbocycles. The van der Waals surface area contributed by atoms with Gasteiger partial charge in [-0.1, -0.05) is 0 Å². The van der Waals surface area contributed by atoms with Crippen molar-refractivity contribution >= 4 is 17.4 Å². The quantitative estimate of drug-likeness (QED) is 0.739. The normalized spacial score (nSPS) is 16.8. The number of furan rings is 1. The second-order valence-corrected chi connectivity index (χ2v) is 6.65. The van der Waals surface area contributed by atoms with Crippen molar-refractivity contribution in [2.75, 3.05) is 23.3 Å². The van der Waals surface area contributed by atoms with E-state index in [1.54, 1.807) is 18.4 Å². The first-order valence-electron chi connectivity index (χ1n) is 8.98. The summed E-state index contributed by atoms with van der Waals surface area (Å²) in [6, 6.07) is 10.3. The minimum Gasteiger partial charge on any atom is -0.463 e.